The predicted octanol–water partition coefficient (Wildman–Crippen LogP) is 1.97. The van der Waals surface area contributed by atoms with E-state index in [-0.39, 0.29) is 26.2 Å². The molecule has 1 fully saturated rings. The summed E-state index contributed by atoms with van der Waals surface area (Å²) in [6.45, 7) is 0.482. The lowest BCUT2D eigenvalue weighted by molar-refractivity contribution is 0.129. The number of halogens is 3. The van der Waals surface area contributed by atoms with Crippen molar-refractivity contribution >= 4 is 17.5 Å². The fourth-order valence-electron chi connectivity index (χ4n) is 3.86. The van der Waals surface area contributed by atoms with Crippen LogP contribution in [0.2, 0.25) is 0 Å². The fourth-order valence-corrected chi connectivity index (χ4v) is 3.86. The molecule has 0 N–H and O–H groups in total. The van der Waals surface area contributed by atoms with E-state index in [1.165, 1.54) is 15.8 Å². The topological polar surface area (TPSA) is 81.3 Å². The van der Waals surface area contributed by atoms with Crippen LogP contribution in [-0.4, -0.2) is 43.5 Å². The summed E-state index contributed by atoms with van der Waals surface area (Å²) in [6.07, 6.45) is 3.25. The zero-order chi connectivity index (χ0) is 21.0. The van der Waals surface area contributed by atoms with Gasteiger partial charge in [-0.15, -0.1) is 5.10 Å². The molecular weight excluding hydrogens is 403 g/mol. The standard InChI is InChI=1S/C18H16F3N7O2/c1-25-5-10-6-26(9-13(10)23-25)17-12(19)4-14(15(20)16(17)21)28-8-11(30-18(28)29)7-27-3-2-22-24-27/h2-5,11H,6-9H2,1H3/t11-/m0/s1. The Morgan fingerprint density at radius 3 is 2.80 bits per heavy atom. The summed E-state index contributed by atoms with van der Waals surface area (Å²) in [7, 11) is 1.75. The van der Waals surface area contributed by atoms with E-state index in [9.17, 15) is 18.0 Å². The van der Waals surface area contributed by atoms with Crippen molar-refractivity contribution in [2.24, 2.45) is 7.05 Å². The maximum absolute atomic E-state index is 14.9. The molecule has 1 saturated heterocycles. The summed E-state index contributed by atoms with van der Waals surface area (Å²) in [5.41, 5.74) is 0.513. The van der Waals surface area contributed by atoms with Crippen LogP contribution >= 0.6 is 0 Å². The summed E-state index contributed by atoms with van der Waals surface area (Å²) in [4.78, 5) is 14.5. The molecule has 30 heavy (non-hydrogen) atoms. The Morgan fingerprint density at radius 2 is 2.07 bits per heavy atom. The first-order chi connectivity index (χ1) is 14.4. The molecule has 0 saturated carbocycles. The van der Waals surface area contributed by atoms with Gasteiger partial charge in [-0.1, -0.05) is 5.21 Å². The van der Waals surface area contributed by atoms with Gasteiger partial charge in [-0.05, 0) is 0 Å². The maximum Gasteiger partial charge on any atom is 0.414 e. The van der Waals surface area contributed by atoms with E-state index in [4.69, 9.17) is 4.74 Å². The normalized spacial score (nSPS) is 18.3. The number of carbonyl (C=O) groups excluding carboxylic acids is 1. The smallest absolute Gasteiger partial charge is 0.414 e. The minimum atomic E-state index is -1.35. The number of ether oxygens (including phenoxy) is 1. The third kappa shape index (κ3) is 2.95. The van der Waals surface area contributed by atoms with E-state index < -0.39 is 41.0 Å². The van der Waals surface area contributed by atoms with Crippen LogP contribution in [0.25, 0.3) is 0 Å². The number of aromatic nitrogens is 5. The SMILES string of the molecule is Cn1cc2c(n1)CN(c1c(F)cc(N3C[C@H](Cn4ccnn4)OC3=O)c(F)c1F)C2. The van der Waals surface area contributed by atoms with Crippen LogP contribution in [0.4, 0.5) is 29.3 Å². The van der Waals surface area contributed by atoms with Crippen molar-refractivity contribution in [1.82, 2.24) is 24.8 Å². The highest BCUT2D eigenvalue weighted by molar-refractivity contribution is 5.90. The Hall–Kier alpha value is -3.57. The number of fused-ring (bicyclic) bond motifs is 1. The molecule has 1 amide bonds. The highest BCUT2D eigenvalue weighted by atomic mass is 19.2. The molecule has 5 rings (SSSR count). The van der Waals surface area contributed by atoms with E-state index in [0.717, 1.165) is 16.5 Å². The van der Waals surface area contributed by atoms with E-state index in [2.05, 4.69) is 15.4 Å². The van der Waals surface area contributed by atoms with E-state index in [1.54, 1.807) is 24.1 Å². The van der Waals surface area contributed by atoms with E-state index in [1.807, 2.05) is 0 Å². The molecule has 0 bridgehead atoms. The van der Waals surface area contributed by atoms with Gasteiger partial charge in [0.1, 0.15) is 11.8 Å². The Labute approximate surface area is 168 Å². The third-order valence-corrected chi connectivity index (χ3v) is 5.15. The molecule has 2 aliphatic heterocycles. The molecule has 0 aliphatic carbocycles. The summed E-state index contributed by atoms with van der Waals surface area (Å²) in [6, 6.07) is 0.823. The van der Waals surface area contributed by atoms with Crippen molar-refractivity contribution in [2.45, 2.75) is 25.7 Å². The van der Waals surface area contributed by atoms with Gasteiger partial charge in [0.15, 0.2) is 17.5 Å². The molecule has 12 heteroatoms. The fraction of sp³-hybridized carbons (Fsp3) is 0.333. The highest BCUT2D eigenvalue weighted by Crippen LogP contribution is 2.37. The molecule has 2 aromatic heterocycles. The van der Waals surface area contributed by atoms with Crippen LogP contribution in [0, 0.1) is 17.5 Å². The lowest BCUT2D eigenvalue weighted by atomic mass is 10.2. The zero-order valence-electron chi connectivity index (χ0n) is 15.8. The molecule has 1 aromatic carbocycles. The largest absolute Gasteiger partial charge is 0.442 e. The molecular formula is C18H16F3N7O2. The quantitative estimate of drug-likeness (QED) is 0.602. The predicted molar refractivity (Wildman–Crippen MR) is 97.0 cm³/mol. The molecule has 2 aliphatic rings. The van der Waals surface area contributed by atoms with Gasteiger partial charge in [-0.25, -0.2) is 22.6 Å². The van der Waals surface area contributed by atoms with Crippen molar-refractivity contribution in [1.29, 1.82) is 0 Å². The Balaban J connectivity index is 1.41. The number of cyclic esters (lactones) is 1. The van der Waals surface area contributed by atoms with Gasteiger partial charge in [0.2, 0.25) is 0 Å². The molecule has 0 unspecified atom stereocenters. The zero-order valence-corrected chi connectivity index (χ0v) is 15.8. The molecule has 0 spiro atoms. The van der Waals surface area contributed by atoms with Crippen molar-refractivity contribution in [2.75, 3.05) is 16.3 Å². The second kappa shape index (κ2) is 6.75. The molecule has 9 nitrogen and oxygen atoms in total. The first-order valence-electron chi connectivity index (χ1n) is 9.17. The first kappa shape index (κ1) is 18.5. The summed E-state index contributed by atoms with van der Waals surface area (Å²) < 4.78 is 52.9. The van der Waals surface area contributed by atoms with Crippen LogP contribution in [0.1, 0.15) is 11.3 Å². The first-order valence-corrected chi connectivity index (χ1v) is 9.17. The van der Waals surface area contributed by atoms with Gasteiger partial charge in [-0.3, -0.25) is 9.58 Å². The van der Waals surface area contributed by atoms with Gasteiger partial charge in [-0.2, -0.15) is 5.10 Å². The van der Waals surface area contributed by atoms with Crippen LogP contribution in [-0.2, 0) is 31.4 Å². The number of hydrogen-bond acceptors (Lipinski definition) is 6. The molecule has 0 radical (unpaired) electrons. The average Bonchev–Trinajstić information content (AvgIpc) is 3.44. The summed E-state index contributed by atoms with van der Waals surface area (Å²) >= 11 is 0. The third-order valence-electron chi connectivity index (χ3n) is 5.15. The number of nitrogens with zero attached hydrogens (tertiary/aromatic N) is 7. The van der Waals surface area contributed by atoms with Crippen molar-refractivity contribution in [3.05, 3.63) is 53.4 Å². The maximum atomic E-state index is 14.9. The Morgan fingerprint density at radius 1 is 1.23 bits per heavy atom. The number of carbonyl (C=O) groups is 1. The van der Waals surface area contributed by atoms with E-state index >= 15 is 0 Å². The lowest BCUT2D eigenvalue weighted by Crippen LogP contribution is -2.28. The van der Waals surface area contributed by atoms with Crippen LogP contribution < -0.4 is 9.80 Å². The summed E-state index contributed by atoms with van der Waals surface area (Å²) in [5, 5.41) is 11.7. The molecule has 4 heterocycles. The second-order valence-electron chi connectivity index (χ2n) is 7.23. The molecule has 3 aromatic rings. The molecule has 156 valence electrons. The average molecular weight is 419 g/mol. The minimum absolute atomic E-state index is 0.0758. The number of aryl methyl sites for hydroxylation is 1. The highest BCUT2D eigenvalue weighted by Gasteiger charge is 2.37. The van der Waals surface area contributed by atoms with E-state index in [0.29, 0.717) is 5.69 Å². The number of rotatable bonds is 4. The Kier molecular flexibility index (Phi) is 4.15. The monoisotopic (exact) mass is 419 g/mol. The number of anilines is 2. The van der Waals surface area contributed by atoms with Crippen molar-refractivity contribution < 1.29 is 22.7 Å². The lowest BCUT2D eigenvalue weighted by Gasteiger charge is -2.22. The van der Waals surface area contributed by atoms with Gasteiger partial charge < -0.3 is 9.64 Å². The van der Waals surface area contributed by atoms with Crippen LogP contribution in [0.15, 0.2) is 24.7 Å². The van der Waals surface area contributed by atoms with Gasteiger partial charge >= 0.3 is 6.09 Å². The number of hydrogen-bond donors (Lipinski definition) is 0. The Bertz CT molecular complexity index is 1110. The van der Waals surface area contributed by atoms with Gasteiger partial charge in [0.05, 0.1) is 37.2 Å². The minimum Gasteiger partial charge on any atom is -0.442 e. The van der Waals surface area contributed by atoms with Gasteiger partial charge in [0, 0.05) is 37.6 Å². The van der Waals surface area contributed by atoms with Gasteiger partial charge in [0.25, 0.3) is 0 Å². The number of amides is 1. The van der Waals surface area contributed by atoms with Crippen molar-refractivity contribution in [3.63, 3.8) is 0 Å². The van der Waals surface area contributed by atoms with Crippen LogP contribution in [0.5, 0.6) is 0 Å². The molecule has 1 atom stereocenters. The van der Waals surface area contributed by atoms with Crippen LogP contribution in [0.3, 0.4) is 0 Å². The van der Waals surface area contributed by atoms with Crippen molar-refractivity contribution in [3.8, 4) is 0 Å². The number of benzene rings is 1. The second-order valence-corrected chi connectivity index (χ2v) is 7.23. The summed E-state index contributed by atoms with van der Waals surface area (Å²) in [5.74, 6) is -3.63.